The van der Waals surface area contributed by atoms with Gasteiger partial charge in [0.15, 0.2) is 0 Å². The maximum absolute atomic E-state index is 5.33. The smallest absolute Gasteiger partial charge is 0.120 e. The third-order valence-corrected chi connectivity index (χ3v) is 6.24. The standard InChI is InChI=1S/C17H25BrN2O/c1-21-16-5-2-4-15(12-16)20-10-8-19(9-11-20)14-17(13-18)6-3-7-17/h2,4-5,12H,3,6-11,13-14H2,1H3. The first-order valence-electron chi connectivity index (χ1n) is 7.92. The van der Waals surface area contributed by atoms with Crippen LogP contribution in [0.3, 0.4) is 0 Å². The molecule has 2 aliphatic rings. The lowest BCUT2D eigenvalue weighted by atomic mass is 9.70. The number of anilines is 1. The monoisotopic (exact) mass is 352 g/mol. The second kappa shape index (κ2) is 6.57. The number of halogens is 1. The summed E-state index contributed by atoms with van der Waals surface area (Å²) in [6.07, 6.45) is 4.21. The van der Waals surface area contributed by atoms with Crippen LogP contribution in [0.1, 0.15) is 19.3 Å². The van der Waals surface area contributed by atoms with E-state index in [1.807, 2.05) is 6.07 Å². The highest BCUT2D eigenvalue weighted by Crippen LogP contribution is 2.43. The van der Waals surface area contributed by atoms with Gasteiger partial charge in [-0.3, -0.25) is 4.90 Å². The minimum Gasteiger partial charge on any atom is -0.497 e. The van der Waals surface area contributed by atoms with Crippen molar-refractivity contribution < 1.29 is 4.74 Å². The first-order valence-corrected chi connectivity index (χ1v) is 9.04. The van der Waals surface area contributed by atoms with Crippen molar-refractivity contribution in [3.05, 3.63) is 24.3 Å². The van der Waals surface area contributed by atoms with Crippen molar-refractivity contribution in [2.75, 3.05) is 50.1 Å². The molecule has 21 heavy (non-hydrogen) atoms. The Hall–Kier alpha value is -0.740. The number of methoxy groups -OCH3 is 1. The summed E-state index contributed by atoms with van der Waals surface area (Å²) in [5.41, 5.74) is 1.85. The zero-order valence-electron chi connectivity index (χ0n) is 12.9. The summed E-state index contributed by atoms with van der Waals surface area (Å²) >= 11 is 3.72. The summed E-state index contributed by atoms with van der Waals surface area (Å²) < 4.78 is 5.33. The van der Waals surface area contributed by atoms with Gasteiger partial charge in [0.1, 0.15) is 5.75 Å². The molecule has 1 saturated heterocycles. The average Bonchev–Trinajstić information content (AvgIpc) is 2.51. The van der Waals surface area contributed by atoms with Crippen LogP contribution in [0, 0.1) is 5.41 Å². The summed E-state index contributed by atoms with van der Waals surface area (Å²) in [4.78, 5) is 5.12. The molecule has 0 amide bonds. The minimum atomic E-state index is 0.568. The van der Waals surface area contributed by atoms with Crippen LogP contribution in [0.5, 0.6) is 5.75 Å². The van der Waals surface area contributed by atoms with Crippen LogP contribution in [0.2, 0.25) is 0 Å². The molecule has 1 aliphatic carbocycles. The summed E-state index contributed by atoms with van der Waals surface area (Å²) in [5, 5.41) is 1.16. The Morgan fingerprint density at radius 1 is 1.19 bits per heavy atom. The van der Waals surface area contributed by atoms with E-state index in [9.17, 15) is 0 Å². The Morgan fingerprint density at radius 3 is 2.52 bits per heavy atom. The molecule has 1 aliphatic heterocycles. The van der Waals surface area contributed by atoms with Gasteiger partial charge in [0.2, 0.25) is 0 Å². The van der Waals surface area contributed by atoms with Crippen LogP contribution >= 0.6 is 15.9 Å². The third-order valence-electron chi connectivity index (χ3n) is 5.05. The zero-order valence-corrected chi connectivity index (χ0v) is 14.4. The lowest BCUT2D eigenvalue weighted by Gasteiger charge is -2.46. The van der Waals surface area contributed by atoms with Crippen LogP contribution in [0.25, 0.3) is 0 Å². The number of benzene rings is 1. The van der Waals surface area contributed by atoms with Gasteiger partial charge in [0.05, 0.1) is 7.11 Å². The zero-order chi connectivity index (χ0) is 14.7. The van der Waals surface area contributed by atoms with Gasteiger partial charge in [-0.25, -0.2) is 0 Å². The molecule has 0 unspecified atom stereocenters. The van der Waals surface area contributed by atoms with Gasteiger partial charge in [-0.05, 0) is 30.4 Å². The van der Waals surface area contributed by atoms with Gasteiger partial charge in [0, 0.05) is 49.8 Å². The fourth-order valence-electron chi connectivity index (χ4n) is 3.46. The highest BCUT2D eigenvalue weighted by Gasteiger charge is 2.37. The van der Waals surface area contributed by atoms with E-state index in [2.05, 4.69) is 43.9 Å². The average molecular weight is 353 g/mol. The summed E-state index contributed by atoms with van der Waals surface area (Å²) in [6, 6.07) is 8.41. The van der Waals surface area contributed by atoms with Gasteiger partial charge in [-0.1, -0.05) is 28.4 Å². The first kappa shape index (κ1) is 15.2. The van der Waals surface area contributed by atoms with Crippen molar-refractivity contribution >= 4 is 21.6 Å². The molecule has 0 radical (unpaired) electrons. The summed E-state index contributed by atoms with van der Waals surface area (Å²) in [7, 11) is 1.73. The number of nitrogens with zero attached hydrogens (tertiary/aromatic N) is 2. The second-order valence-electron chi connectivity index (χ2n) is 6.45. The number of ether oxygens (including phenoxy) is 1. The highest BCUT2D eigenvalue weighted by atomic mass is 79.9. The van der Waals surface area contributed by atoms with Crippen molar-refractivity contribution in [3.8, 4) is 5.75 Å². The van der Waals surface area contributed by atoms with Crippen molar-refractivity contribution in [1.82, 2.24) is 4.90 Å². The molecule has 3 rings (SSSR count). The molecule has 3 nitrogen and oxygen atoms in total. The maximum atomic E-state index is 5.33. The summed E-state index contributed by atoms with van der Waals surface area (Å²) in [5.74, 6) is 0.947. The van der Waals surface area contributed by atoms with Crippen LogP contribution < -0.4 is 9.64 Å². The maximum Gasteiger partial charge on any atom is 0.120 e. The molecule has 1 aromatic rings. The Kier molecular flexibility index (Phi) is 4.75. The van der Waals surface area contributed by atoms with Crippen LogP contribution in [-0.2, 0) is 0 Å². The molecular formula is C17H25BrN2O. The van der Waals surface area contributed by atoms with Gasteiger partial charge in [0.25, 0.3) is 0 Å². The molecule has 4 heteroatoms. The van der Waals surface area contributed by atoms with Gasteiger partial charge >= 0.3 is 0 Å². The largest absolute Gasteiger partial charge is 0.497 e. The molecule has 0 atom stereocenters. The van der Waals surface area contributed by atoms with E-state index >= 15 is 0 Å². The third kappa shape index (κ3) is 3.37. The van der Waals surface area contributed by atoms with Crippen molar-refractivity contribution in [1.29, 1.82) is 0 Å². The molecule has 0 N–H and O–H groups in total. The molecule has 1 saturated carbocycles. The Morgan fingerprint density at radius 2 is 1.95 bits per heavy atom. The molecule has 2 fully saturated rings. The molecular weight excluding hydrogens is 328 g/mol. The lowest BCUT2D eigenvalue weighted by molar-refractivity contribution is 0.0877. The number of rotatable bonds is 5. The fourth-order valence-corrected chi connectivity index (χ4v) is 4.19. The van der Waals surface area contributed by atoms with Crippen LogP contribution in [-0.4, -0.2) is 50.1 Å². The van der Waals surface area contributed by atoms with Crippen molar-refractivity contribution in [2.24, 2.45) is 5.41 Å². The normalized spacial score (nSPS) is 21.9. The predicted octanol–water partition coefficient (Wildman–Crippen LogP) is 3.38. The SMILES string of the molecule is COc1cccc(N2CCN(CC3(CBr)CCC3)CC2)c1. The van der Waals surface area contributed by atoms with Crippen molar-refractivity contribution in [3.63, 3.8) is 0 Å². The Bertz CT molecular complexity index is 462. The van der Waals surface area contributed by atoms with Gasteiger partial charge in [-0.15, -0.1) is 0 Å². The lowest BCUT2D eigenvalue weighted by Crippen LogP contribution is -2.52. The fraction of sp³-hybridized carbons (Fsp3) is 0.647. The van der Waals surface area contributed by atoms with E-state index in [1.165, 1.54) is 44.6 Å². The number of hydrogen-bond acceptors (Lipinski definition) is 3. The van der Waals surface area contributed by atoms with Gasteiger partial charge in [-0.2, -0.15) is 0 Å². The minimum absolute atomic E-state index is 0.568. The Labute approximate surface area is 136 Å². The van der Waals surface area contributed by atoms with E-state index in [1.54, 1.807) is 7.11 Å². The molecule has 0 aromatic heterocycles. The molecule has 116 valence electrons. The quantitative estimate of drug-likeness (QED) is 0.755. The second-order valence-corrected chi connectivity index (χ2v) is 7.01. The number of hydrogen-bond donors (Lipinski definition) is 0. The number of piperazine rings is 1. The summed E-state index contributed by atoms with van der Waals surface area (Å²) in [6.45, 7) is 5.85. The van der Waals surface area contributed by atoms with E-state index in [-0.39, 0.29) is 0 Å². The van der Waals surface area contributed by atoms with E-state index in [0.29, 0.717) is 5.41 Å². The van der Waals surface area contributed by atoms with Crippen molar-refractivity contribution in [2.45, 2.75) is 19.3 Å². The molecule has 0 spiro atoms. The highest BCUT2D eigenvalue weighted by molar-refractivity contribution is 9.09. The van der Waals surface area contributed by atoms with E-state index in [0.717, 1.165) is 24.2 Å². The molecule has 0 bridgehead atoms. The van der Waals surface area contributed by atoms with Crippen LogP contribution in [0.15, 0.2) is 24.3 Å². The van der Waals surface area contributed by atoms with E-state index < -0.39 is 0 Å². The molecule has 1 aromatic carbocycles. The Balaban J connectivity index is 1.55. The van der Waals surface area contributed by atoms with Gasteiger partial charge < -0.3 is 9.64 Å². The first-order chi connectivity index (χ1) is 10.2. The predicted molar refractivity (Wildman–Crippen MR) is 91.7 cm³/mol. The van der Waals surface area contributed by atoms with E-state index in [4.69, 9.17) is 4.74 Å². The number of alkyl halides is 1. The molecule has 1 heterocycles. The van der Waals surface area contributed by atoms with Crippen LogP contribution in [0.4, 0.5) is 5.69 Å². The topological polar surface area (TPSA) is 15.7 Å².